The molecule has 0 N–H and O–H groups in total. The molecule has 0 bridgehead atoms. The van der Waals surface area contributed by atoms with Crippen LogP contribution in [0.3, 0.4) is 0 Å². The Balaban J connectivity index is 5.80. The van der Waals surface area contributed by atoms with Gasteiger partial charge < -0.3 is 0 Å². The molecule has 0 amide bonds. The standard InChI is InChI=1S/4CHO.2BrH.Fe/c4*1-2;;;/h4*1H;2*1H;/q;;;;;;+2/p-2. The predicted octanol–water partition coefficient (Wildman–Crippen LogP) is 0.592. The van der Waals surface area contributed by atoms with Gasteiger partial charge in [0, 0.05) is 0 Å². The van der Waals surface area contributed by atoms with Crippen molar-refractivity contribution in [3.05, 3.63) is 0 Å². The summed E-state index contributed by atoms with van der Waals surface area (Å²) in [5, 5.41) is 0.0833. The van der Waals surface area contributed by atoms with Crippen LogP contribution in [-0.4, -0.2) is 20.7 Å². The molecular formula is C4H4Br2FeO4. The molecule has 0 saturated heterocycles. The molecule has 0 aromatic carbocycles. The summed E-state index contributed by atoms with van der Waals surface area (Å²) in [6, 6.07) is 0. The first-order valence-electron chi connectivity index (χ1n) is 2.03. The number of hydrogen-bond acceptors (Lipinski definition) is 4. The zero-order valence-corrected chi connectivity index (χ0v) is 9.33. The van der Waals surface area contributed by atoms with E-state index in [1.54, 1.807) is 0 Å². The van der Waals surface area contributed by atoms with Crippen molar-refractivity contribution in [1.82, 2.24) is 0 Å². The van der Waals surface area contributed by atoms with Crippen LogP contribution in [0.25, 0.3) is 0 Å². The molecule has 0 aliphatic carbocycles. The van der Waals surface area contributed by atoms with Crippen LogP contribution in [0.5, 0.6) is 0 Å². The zero-order valence-electron chi connectivity index (χ0n) is 5.05. The van der Waals surface area contributed by atoms with Crippen molar-refractivity contribution in [2.24, 2.45) is 0 Å². The van der Waals surface area contributed by atoms with Gasteiger partial charge in [-0.25, -0.2) is 0 Å². The number of hydrogen-bond donors (Lipinski definition) is 0. The van der Waals surface area contributed by atoms with Gasteiger partial charge in [-0.1, -0.05) is 0 Å². The molecule has 0 fully saturated rings. The van der Waals surface area contributed by atoms with Gasteiger partial charge in [0.2, 0.25) is 0 Å². The topological polar surface area (TPSA) is 68.3 Å². The molecule has 0 aromatic rings. The average Bonchev–Trinajstić information content (AvgIpc) is 2.07. The third-order valence-electron chi connectivity index (χ3n) is 0.829. The summed E-state index contributed by atoms with van der Waals surface area (Å²) >= 11 is 5.17. The zero-order chi connectivity index (χ0) is 9.24. The van der Waals surface area contributed by atoms with E-state index in [-0.39, 0.29) is 20.7 Å². The maximum absolute atomic E-state index is 10.4. The van der Waals surface area contributed by atoms with Gasteiger partial charge >= 0.3 is 75.3 Å². The van der Waals surface area contributed by atoms with E-state index in [4.69, 9.17) is 0 Å². The van der Waals surface area contributed by atoms with E-state index in [1.165, 1.54) is 0 Å². The molecule has 0 unspecified atom stereocenters. The fraction of sp³-hybridized carbons (Fsp3) is 0. The average molecular weight is 332 g/mol. The van der Waals surface area contributed by atoms with E-state index in [9.17, 15) is 19.2 Å². The van der Waals surface area contributed by atoms with Crippen LogP contribution in [0.4, 0.5) is 0 Å². The summed E-state index contributed by atoms with van der Waals surface area (Å²) in [6.07, 6.45) is 0. The van der Waals surface area contributed by atoms with Crippen molar-refractivity contribution in [2.45, 2.75) is 0 Å². The van der Waals surface area contributed by atoms with Crippen molar-refractivity contribution in [1.29, 1.82) is 0 Å². The minimum atomic E-state index is -5.01. The van der Waals surface area contributed by atoms with Crippen LogP contribution in [0.1, 0.15) is 0 Å². The normalized spacial score (nSPS) is 17.3. The molecular weight excluding hydrogens is 328 g/mol. The molecule has 0 spiro atoms. The number of halogens is 2. The molecule has 0 atom stereocenters. The summed E-state index contributed by atoms with van der Waals surface area (Å²) in [5.74, 6) is 0. The molecule has 4 nitrogen and oxygen atoms in total. The second-order valence-corrected chi connectivity index (χ2v) is 23.1. The van der Waals surface area contributed by atoms with Gasteiger partial charge in [0.15, 0.2) is 0 Å². The molecule has 11 heavy (non-hydrogen) atoms. The maximum atomic E-state index is 10.4. The third kappa shape index (κ3) is 1.66. The number of rotatable bonds is 4. The molecule has 0 aliphatic rings. The summed E-state index contributed by atoms with van der Waals surface area (Å²) in [7, 11) is -5.01. The Morgan fingerprint density at radius 3 is 0.909 bits per heavy atom. The molecule has 7 heteroatoms. The van der Waals surface area contributed by atoms with Gasteiger partial charge in [0.25, 0.3) is 0 Å². The van der Waals surface area contributed by atoms with E-state index >= 15 is 0 Å². The van der Waals surface area contributed by atoms with Gasteiger partial charge in [0.1, 0.15) is 0 Å². The summed E-state index contributed by atoms with van der Waals surface area (Å²) in [4.78, 5) is 41.8. The first kappa shape index (κ1) is 11.2. The van der Waals surface area contributed by atoms with Crippen LogP contribution >= 0.6 is 28.2 Å². The van der Waals surface area contributed by atoms with Crippen molar-refractivity contribution in [2.75, 3.05) is 0 Å². The van der Waals surface area contributed by atoms with Gasteiger partial charge in [0.05, 0.1) is 0 Å². The van der Waals surface area contributed by atoms with Crippen LogP contribution in [0.15, 0.2) is 0 Å². The Morgan fingerprint density at radius 1 is 0.727 bits per heavy atom. The molecule has 0 saturated carbocycles. The van der Waals surface area contributed by atoms with Crippen molar-refractivity contribution in [3.63, 3.8) is 0 Å². The Morgan fingerprint density at radius 2 is 0.909 bits per heavy atom. The fourth-order valence-corrected chi connectivity index (χ4v) is 0.486. The molecule has 66 valence electrons. The monoisotopic (exact) mass is 330 g/mol. The Hall–Kier alpha value is 0.159. The van der Waals surface area contributed by atoms with E-state index in [0.717, 1.165) is 0 Å². The van der Waals surface area contributed by atoms with Crippen LogP contribution in [-0.2, 0) is 26.3 Å². The molecule has 0 rings (SSSR count). The van der Waals surface area contributed by atoms with E-state index in [2.05, 4.69) is 28.2 Å². The summed E-state index contributed by atoms with van der Waals surface area (Å²) < 4.78 is 0. The van der Waals surface area contributed by atoms with Crippen LogP contribution < -0.4 is 0 Å². The van der Waals surface area contributed by atoms with Crippen LogP contribution in [0.2, 0.25) is 0 Å². The molecule has 0 radical (unpaired) electrons. The van der Waals surface area contributed by atoms with Gasteiger partial charge in [-0.3, -0.25) is 0 Å². The third-order valence-corrected chi connectivity index (χ3v) is 7.78. The Labute approximate surface area is 75.0 Å². The number of carbonyl (C=O) groups excluding carboxylic acids is 4. The quantitative estimate of drug-likeness (QED) is 0.558. The second-order valence-electron chi connectivity index (χ2n) is 1.71. The van der Waals surface area contributed by atoms with E-state index in [0.29, 0.717) is 0 Å². The van der Waals surface area contributed by atoms with Crippen molar-refractivity contribution < 1.29 is 26.3 Å². The van der Waals surface area contributed by atoms with E-state index < -0.39 is 7.12 Å². The second kappa shape index (κ2) is 2.32. The Kier molecular flexibility index (Phi) is 2.36. The van der Waals surface area contributed by atoms with E-state index in [1.807, 2.05) is 0 Å². The van der Waals surface area contributed by atoms with Crippen molar-refractivity contribution >= 4 is 49.0 Å². The summed E-state index contributed by atoms with van der Waals surface area (Å²) in [5.41, 5.74) is 0. The van der Waals surface area contributed by atoms with Gasteiger partial charge in [-0.05, 0) is 0 Å². The van der Waals surface area contributed by atoms with Gasteiger partial charge in [-0.2, -0.15) is 0 Å². The Bertz CT molecular complexity index is 205. The first-order valence-corrected chi connectivity index (χ1v) is 10.0. The molecule has 0 heterocycles. The summed E-state index contributed by atoms with van der Waals surface area (Å²) in [6.45, 7) is 0. The van der Waals surface area contributed by atoms with Crippen molar-refractivity contribution in [3.8, 4) is 0 Å². The van der Waals surface area contributed by atoms with Crippen LogP contribution in [0, 0.1) is 0 Å². The first-order chi connectivity index (χ1) is 4.80. The SMILES string of the molecule is O=[CH][Fe]([Br])([Br])([CH]=O)([CH]=O)[CH]=O. The molecule has 0 aromatic heterocycles. The minimum absolute atomic E-state index is 0.0208. The predicted molar refractivity (Wildman–Crippen MR) is 44.9 cm³/mol. The van der Waals surface area contributed by atoms with Gasteiger partial charge in [-0.15, -0.1) is 0 Å². The number of carbonyl (C=O) groups is 4. The molecule has 0 aliphatic heterocycles. The fourth-order valence-electron chi connectivity index (χ4n) is 0.118.